The molecule has 4 nitrogen and oxygen atoms in total. The average Bonchev–Trinajstić information content (AvgIpc) is 2.92. The molecule has 1 amide bonds. The van der Waals surface area contributed by atoms with E-state index in [1.165, 1.54) is 11.3 Å². The molecule has 3 N–H and O–H groups in total. The van der Waals surface area contributed by atoms with Crippen molar-refractivity contribution >= 4 is 34.5 Å². The van der Waals surface area contributed by atoms with Gasteiger partial charge in [-0.05, 0) is 25.1 Å². The Bertz CT molecular complexity index is 561. The standard InChI is InChI=1S/C12H14ClN3OS/c1-2-16-7-8(14)5-10(16)12(17)15-6-9-3-4-11(13)18-9/h3-5,7H,2,6,14H2,1H3,(H,15,17). The number of amides is 1. The molecule has 18 heavy (non-hydrogen) atoms. The van der Waals surface area contributed by atoms with E-state index < -0.39 is 0 Å². The molecule has 0 aromatic carbocycles. The van der Waals surface area contributed by atoms with Crippen LogP contribution < -0.4 is 11.1 Å². The fraction of sp³-hybridized carbons (Fsp3) is 0.250. The van der Waals surface area contributed by atoms with Crippen LogP contribution in [0.2, 0.25) is 4.34 Å². The highest BCUT2D eigenvalue weighted by Gasteiger charge is 2.11. The van der Waals surface area contributed by atoms with Crippen LogP contribution in [-0.2, 0) is 13.1 Å². The summed E-state index contributed by atoms with van der Waals surface area (Å²) in [6.45, 7) is 3.16. The van der Waals surface area contributed by atoms with Crippen molar-refractivity contribution < 1.29 is 4.79 Å². The van der Waals surface area contributed by atoms with Gasteiger partial charge in [0, 0.05) is 17.6 Å². The lowest BCUT2D eigenvalue weighted by Gasteiger charge is -2.06. The summed E-state index contributed by atoms with van der Waals surface area (Å²) < 4.78 is 2.55. The van der Waals surface area contributed by atoms with Gasteiger partial charge in [-0.15, -0.1) is 11.3 Å². The van der Waals surface area contributed by atoms with E-state index in [9.17, 15) is 4.79 Å². The summed E-state index contributed by atoms with van der Waals surface area (Å²) in [5.41, 5.74) is 6.87. The number of hydrogen-bond donors (Lipinski definition) is 2. The van der Waals surface area contributed by atoms with E-state index in [0.29, 0.717) is 24.5 Å². The third-order valence-electron chi connectivity index (χ3n) is 2.54. The van der Waals surface area contributed by atoms with Crippen LogP contribution >= 0.6 is 22.9 Å². The first-order chi connectivity index (χ1) is 8.60. The number of carbonyl (C=O) groups is 1. The van der Waals surface area contributed by atoms with E-state index in [1.807, 2.05) is 23.6 Å². The van der Waals surface area contributed by atoms with Crippen LogP contribution in [0, 0.1) is 0 Å². The number of rotatable bonds is 4. The molecular formula is C12H14ClN3OS. The number of nitrogen functional groups attached to an aromatic ring is 1. The zero-order valence-electron chi connectivity index (χ0n) is 9.94. The lowest BCUT2D eigenvalue weighted by molar-refractivity contribution is 0.0942. The molecule has 0 spiro atoms. The predicted molar refractivity (Wildman–Crippen MR) is 75.0 cm³/mol. The lowest BCUT2D eigenvalue weighted by Crippen LogP contribution is -2.24. The minimum atomic E-state index is -0.127. The molecule has 2 rings (SSSR count). The molecule has 0 fully saturated rings. The molecule has 0 unspecified atom stereocenters. The Kier molecular flexibility index (Phi) is 3.93. The first-order valence-electron chi connectivity index (χ1n) is 5.58. The van der Waals surface area contributed by atoms with Gasteiger partial charge in [-0.3, -0.25) is 4.79 Å². The molecule has 0 saturated carbocycles. The second kappa shape index (κ2) is 5.46. The Hall–Kier alpha value is -1.46. The zero-order valence-corrected chi connectivity index (χ0v) is 11.5. The largest absolute Gasteiger partial charge is 0.397 e. The van der Waals surface area contributed by atoms with E-state index in [1.54, 1.807) is 12.3 Å². The monoisotopic (exact) mass is 283 g/mol. The summed E-state index contributed by atoms with van der Waals surface area (Å²) >= 11 is 7.29. The fourth-order valence-electron chi connectivity index (χ4n) is 1.69. The highest BCUT2D eigenvalue weighted by atomic mass is 35.5. The Morgan fingerprint density at radius 1 is 1.56 bits per heavy atom. The highest BCUT2D eigenvalue weighted by Crippen LogP contribution is 2.21. The van der Waals surface area contributed by atoms with E-state index in [-0.39, 0.29) is 5.91 Å². The molecule has 0 radical (unpaired) electrons. The summed E-state index contributed by atoms with van der Waals surface area (Å²) in [5.74, 6) is -0.127. The van der Waals surface area contributed by atoms with Crippen molar-refractivity contribution in [3.8, 4) is 0 Å². The topological polar surface area (TPSA) is 60.0 Å². The molecule has 96 valence electrons. The molecular weight excluding hydrogens is 270 g/mol. The lowest BCUT2D eigenvalue weighted by atomic mass is 10.3. The van der Waals surface area contributed by atoms with Crippen LogP contribution in [0.3, 0.4) is 0 Å². The number of halogens is 1. The van der Waals surface area contributed by atoms with Crippen molar-refractivity contribution in [2.24, 2.45) is 0 Å². The second-order valence-electron chi connectivity index (χ2n) is 3.83. The number of aryl methyl sites for hydroxylation is 1. The fourth-order valence-corrected chi connectivity index (χ4v) is 2.72. The smallest absolute Gasteiger partial charge is 0.268 e. The number of nitrogens with two attached hydrogens (primary N) is 1. The number of hydrogen-bond acceptors (Lipinski definition) is 3. The molecule has 0 aliphatic rings. The van der Waals surface area contributed by atoms with Crippen molar-refractivity contribution in [2.45, 2.75) is 20.0 Å². The summed E-state index contributed by atoms with van der Waals surface area (Å²) in [4.78, 5) is 13.0. The molecule has 0 aliphatic heterocycles. The minimum Gasteiger partial charge on any atom is -0.397 e. The average molecular weight is 284 g/mol. The van der Waals surface area contributed by atoms with Crippen molar-refractivity contribution in [1.82, 2.24) is 9.88 Å². The molecule has 0 atom stereocenters. The molecule has 0 saturated heterocycles. The quantitative estimate of drug-likeness (QED) is 0.906. The molecule has 6 heteroatoms. The van der Waals surface area contributed by atoms with Crippen molar-refractivity contribution in [3.63, 3.8) is 0 Å². The Labute approximate surface area is 114 Å². The van der Waals surface area contributed by atoms with Crippen LogP contribution in [0.4, 0.5) is 5.69 Å². The van der Waals surface area contributed by atoms with Gasteiger partial charge in [-0.25, -0.2) is 0 Å². The van der Waals surface area contributed by atoms with Crippen LogP contribution in [0.5, 0.6) is 0 Å². The molecule has 0 bridgehead atoms. The van der Waals surface area contributed by atoms with Gasteiger partial charge in [0.05, 0.1) is 16.6 Å². The van der Waals surface area contributed by atoms with E-state index in [4.69, 9.17) is 17.3 Å². The first kappa shape index (κ1) is 13.0. The Morgan fingerprint density at radius 2 is 2.33 bits per heavy atom. The number of aromatic nitrogens is 1. The Morgan fingerprint density at radius 3 is 2.94 bits per heavy atom. The summed E-state index contributed by atoms with van der Waals surface area (Å²) in [6.07, 6.45) is 1.76. The van der Waals surface area contributed by atoms with Crippen LogP contribution in [0.25, 0.3) is 0 Å². The van der Waals surface area contributed by atoms with Gasteiger partial charge in [-0.2, -0.15) is 0 Å². The second-order valence-corrected chi connectivity index (χ2v) is 5.63. The van der Waals surface area contributed by atoms with Crippen molar-refractivity contribution in [3.05, 3.63) is 39.3 Å². The van der Waals surface area contributed by atoms with Gasteiger partial charge in [0.15, 0.2) is 0 Å². The van der Waals surface area contributed by atoms with Gasteiger partial charge in [-0.1, -0.05) is 11.6 Å². The highest BCUT2D eigenvalue weighted by molar-refractivity contribution is 7.16. The van der Waals surface area contributed by atoms with E-state index >= 15 is 0 Å². The summed E-state index contributed by atoms with van der Waals surface area (Å²) in [7, 11) is 0. The molecule has 2 heterocycles. The maximum atomic E-state index is 12.0. The maximum Gasteiger partial charge on any atom is 0.268 e. The number of thiophene rings is 1. The molecule has 2 aromatic heterocycles. The number of carbonyl (C=O) groups excluding carboxylic acids is 1. The third kappa shape index (κ3) is 2.86. The first-order valence-corrected chi connectivity index (χ1v) is 6.77. The van der Waals surface area contributed by atoms with Gasteiger partial charge < -0.3 is 15.6 Å². The van der Waals surface area contributed by atoms with Gasteiger partial charge in [0.25, 0.3) is 5.91 Å². The van der Waals surface area contributed by atoms with Crippen molar-refractivity contribution in [1.29, 1.82) is 0 Å². The van der Waals surface area contributed by atoms with Gasteiger partial charge in [0.1, 0.15) is 5.69 Å². The third-order valence-corrected chi connectivity index (χ3v) is 3.77. The maximum absolute atomic E-state index is 12.0. The molecule has 0 aliphatic carbocycles. The number of nitrogens with one attached hydrogen (secondary N) is 1. The number of nitrogens with zero attached hydrogens (tertiary/aromatic N) is 1. The normalized spacial score (nSPS) is 10.6. The van der Waals surface area contributed by atoms with E-state index in [2.05, 4.69) is 5.32 Å². The Balaban J connectivity index is 2.03. The SMILES string of the molecule is CCn1cc(N)cc1C(=O)NCc1ccc(Cl)s1. The van der Waals surface area contributed by atoms with Crippen LogP contribution in [-0.4, -0.2) is 10.5 Å². The van der Waals surface area contributed by atoms with Gasteiger partial charge in [0.2, 0.25) is 0 Å². The zero-order chi connectivity index (χ0) is 13.1. The predicted octanol–water partition coefficient (Wildman–Crippen LogP) is 2.74. The van der Waals surface area contributed by atoms with Crippen molar-refractivity contribution in [2.75, 3.05) is 5.73 Å². The summed E-state index contributed by atoms with van der Waals surface area (Å²) in [5, 5.41) is 2.85. The minimum absolute atomic E-state index is 0.127. The van der Waals surface area contributed by atoms with Crippen LogP contribution in [0.1, 0.15) is 22.3 Å². The summed E-state index contributed by atoms with van der Waals surface area (Å²) in [6, 6.07) is 5.40. The van der Waals surface area contributed by atoms with E-state index in [0.717, 1.165) is 9.21 Å². The number of anilines is 1. The van der Waals surface area contributed by atoms with Gasteiger partial charge >= 0.3 is 0 Å². The molecule has 2 aromatic rings. The van der Waals surface area contributed by atoms with Crippen LogP contribution in [0.15, 0.2) is 24.4 Å².